The predicted molar refractivity (Wildman–Crippen MR) is 117 cm³/mol. The van der Waals surface area contributed by atoms with E-state index in [1.165, 1.54) is 77.0 Å². The predicted octanol–water partition coefficient (Wildman–Crippen LogP) is 6.22. The zero-order chi connectivity index (χ0) is 18.9. The van der Waals surface area contributed by atoms with E-state index < -0.39 is 10.1 Å². The van der Waals surface area contributed by atoms with E-state index in [1.54, 1.807) is 30.3 Å². The van der Waals surface area contributed by atoms with Crippen LogP contribution in [0.3, 0.4) is 0 Å². The van der Waals surface area contributed by atoms with Gasteiger partial charge in [0.15, 0.2) is 0 Å². The first kappa shape index (κ1) is 27.1. The fourth-order valence-electron chi connectivity index (χ4n) is 3.12. The molecule has 0 atom stereocenters. The van der Waals surface area contributed by atoms with Crippen molar-refractivity contribution in [2.24, 2.45) is 0 Å². The topological polar surface area (TPSA) is 43.4 Å². The zero-order valence-electron chi connectivity index (χ0n) is 16.6. The molecule has 0 N–H and O–H groups in total. The number of benzene rings is 1. The van der Waals surface area contributed by atoms with Crippen molar-refractivity contribution in [3.63, 3.8) is 0 Å². The zero-order valence-corrected chi connectivity index (χ0v) is 17.4. The average Bonchev–Trinajstić information content (AvgIpc) is 2.65. The van der Waals surface area contributed by atoms with Crippen LogP contribution in [0, 0.1) is 0 Å². The van der Waals surface area contributed by atoms with Crippen molar-refractivity contribution in [1.82, 2.24) is 0 Å². The van der Waals surface area contributed by atoms with Gasteiger partial charge in [0.2, 0.25) is 0 Å². The van der Waals surface area contributed by atoms with Gasteiger partial charge in [0.25, 0.3) is 10.1 Å². The van der Waals surface area contributed by atoms with Crippen molar-refractivity contribution in [3.8, 4) is 0 Å². The average molecular weight is 407 g/mol. The van der Waals surface area contributed by atoms with Crippen LogP contribution in [0.5, 0.6) is 0 Å². The maximum absolute atomic E-state index is 11.9. The molecule has 1 aromatic rings. The SMILES string of the molecule is CCCCCCCCCCCCCCCCOS(=O)(=O)c1ccccc1.[NaH]. The van der Waals surface area contributed by atoms with Gasteiger partial charge in [0.05, 0.1) is 11.5 Å². The quantitative estimate of drug-likeness (QED) is 0.175. The number of hydrogen-bond acceptors (Lipinski definition) is 3. The second-order valence-electron chi connectivity index (χ2n) is 7.19. The van der Waals surface area contributed by atoms with E-state index in [0.29, 0.717) is 0 Å². The maximum atomic E-state index is 11.9. The van der Waals surface area contributed by atoms with Crippen LogP contribution in [0.1, 0.15) is 96.8 Å². The van der Waals surface area contributed by atoms with Gasteiger partial charge in [-0.3, -0.25) is 4.18 Å². The Morgan fingerprint density at radius 3 is 1.52 bits per heavy atom. The van der Waals surface area contributed by atoms with Gasteiger partial charge in [-0.1, -0.05) is 109 Å². The molecule has 0 aromatic heterocycles. The van der Waals surface area contributed by atoms with E-state index in [0.717, 1.165) is 12.8 Å². The molecular formula is C22H39NaO3S. The first-order valence-corrected chi connectivity index (χ1v) is 12.0. The molecule has 0 fully saturated rings. The summed E-state index contributed by atoms with van der Waals surface area (Å²) in [6.45, 7) is 2.55. The second-order valence-corrected chi connectivity index (χ2v) is 8.80. The summed E-state index contributed by atoms with van der Waals surface area (Å²) in [4.78, 5) is 0.241. The van der Waals surface area contributed by atoms with Crippen LogP contribution in [-0.4, -0.2) is 44.6 Å². The molecule has 1 rings (SSSR count). The van der Waals surface area contributed by atoms with Gasteiger partial charge in [-0.15, -0.1) is 0 Å². The van der Waals surface area contributed by atoms with Crippen LogP contribution in [0.4, 0.5) is 0 Å². The molecule has 0 radical (unpaired) electrons. The first-order valence-electron chi connectivity index (χ1n) is 10.6. The fourth-order valence-corrected chi connectivity index (χ4v) is 4.08. The van der Waals surface area contributed by atoms with E-state index in [4.69, 9.17) is 4.18 Å². The summed E-state index contributed by atoms with van der Waals surface area (Å²) in [5.41, 5.74) is 0. The van der Waals surface area contributed by atoms with E-state index in [2.05, 4.69) is 6.92 Å². The van der Waals surface area contributed by atoms with Gasteiger partial charge in [-0.25, -0.2) is 0 Å². The Bertz CT molecular complexity index is 532. The normalized spacial score (nSPS) is 11.3. The molecule has 0 spiro atoms. The molecule has 0 bridgehead atoms. The summed E-state index contributed by atoms with van der Waals surface area (Å²) >= 11 is 0. The Labute approximate surface area is 190 Å². The molecule has 3 nitrogen and oxygen atoms in total. The summed E-state index contributed by atoms with van der Waals surface area (Å²) in [5.74, 6) is 0. The Morgan fingerprint density at radius 2 is 1.07 bits per heavy atom. The van der Waals surface area contributed by atoms with Crippen molar-refractivity contribution in [1.29, 1.82) is 0 Å². The first-order chi connectivity index (χ1) is 12.7. The van der Waals surface area contributed by atoms with Crippen molar-refractivity contribution in [2.75, 3.05) is 6.61 Å². The molecule has 0 amide bonds. The van der Waals surface area contributed by atoms with Crippen LogP contribution in [0.2, 0.25) is 0 Å². The van der Waals surface area contributed by atoms with Gasteiger partial charge < -0.3 is 0 Å². The molecule has 1 aromatic carbocycles. The minimum absolute atomic E-state index is 0. The number of hydrogen-bond donors (Lipinski definition) is 0. The second kappa shape index (κ2) is 18.2. The van der Waals surface area contributed by atoms with Crippen LogP contribution in [0.15, 0.2) is 35.2 Å². The van der Waals surface area contributed by atoms with Gasteiger partial charge in [-0.2, -0.15) is 8.42 Å². The fraction of sp³-hybridized carbons (Fsp3) is 0.727. The minimum atomic E-state index is -3.58. The molecule has 5 heteroatoms. The Morgan fingerprint density at radius 1 is 0.667 bits per heavy atom. The molecule has 0 unspecified atom stereocenters. The Balaban J connectivity index is 0.00000676. The van der Waals surface area contributed by atoms with Gasteiger partial charge in [0, 0.05) is 0 Å². The molecule has 0 aliphatic carbocycles. The van der Waals surface area contributed by atoms with Gasteiger partial charge in [-0.05, 0) is 18.6 Å². The summed E-state index contributed by atoms with van der Waals surface area (Å²) in [5, 5.41) is 0. The van der Waals surface area contributed by atoms with Crippen LogP contribution < -0.4 is 0 Å². The molecule has 0 aliphatic heterocycles. The summed E-state index contributed by atoms with van der Waals surface area (Å²) in [6.07, 6.45) is 18.0. The van der Waals surface area contributed by atoms with Crippen LogP contribution in [0.25, 0.3) is 0 Å². The monoisotopic (exact) mass is 406 g/mol. The summed E-state index contributed by atoms with van der Waals surface area (Å²) < 4.78 is 29.0. The molecule has 0 saturated heterocycles. The molecule has 0 heterocycles. The Hall–Kier alpha value is 0.130. The standard InChI is InChI=1S/C22H38O3S.Na.H/c1-2-3-4-5-6-7-8-9-10-11-12-13-14-18-21-25-26(23,24)22-19-16-15-17-20-22;;/h15-17,19-20H,2-14,18,21H2,1H3;;. The van der Waals surface area contributed by atoms with Crippen molar-refractivity contribution < 1.29 is 12.6 Å². The number of unbranched alkanes of at least 4 members (excludes halogenated alkanes) is 13. The van der Waals surface area contributed by atoms with Crippen molar-refractivity contribution in [2.45, 2.75) is 102 Å². The molecular weight excluding hydrogens is 367 g/mol. The third-order valence-electron chi connectivity index (χ3n) is 4.77. The van der Waals surface area contributed by atoms with Crippen LogP contribution >= 0.6 is 0 Å². The van der Waals surface area contributed by atoms with Gasteiger partial charge >= 0.3 is 29.6 Å². The Kier molecular flexibility index (Phi) is 18.3. The summed E-state index contributed by atoms with van der Waals surface area (Å²) in [7, 11) is -3.58. The summed E-state index contributed by atoms with van der Waals surface area (Å²) in [6, 6.07) is 8.36. The van der Waals surface area contributed by atoms with Crippen LogP contribution in [-0.2, 0) is 14.3 Å². The molecule has 0 saturated carbocycles. The van der Waals surface area contributed by atoms with E-state index in [9.17, 15) is 8.42 Å². The van der Waals surface area contributed by atoms with Crippen molar-refractivity contribution >= 4 is 39.7 Å². The van der Waals surface area contributed by atoms with E-state index >= 15 is 0 Å². The van der Waals surface area contributed by atoms with Gasteiger partial charge in [0.1, 0.15) is 0 Å². The number of rotatable bonds is 17. The van der Waals surface area contributed by atoms with E-state index in [1.807, 2.05) is 0 Å². The van der Waals surface area contributed by atoms with E-state index in [-0.39, 0.29) is 41.1 Å². The third-order valence-corrected chi connectivity index (χ3v) is 6.09. The molecule has 0 aliphatic rings. The molecule has 152 valence electrons. The molecule has 27 heavy (non-hydrogen) atoms. The third kappa shape index (κ3) is 14.7. The van der Waals surface area contributed by atoms with Crippen molar-refractivity contribution in [3.05, 3.63) is 30.3 Å².